The fraction of sp³-hybridized carbons (Fsp3) is 0.208. The molecule has 1 atom stereocenters. The van der Waals surface area contributed by atoms with Crippen LogP contribution in [0.4, 0.5) is 5.82 Å². The van der Waals surface area contributed by atoms with Gasteiger partial charge in [-0.3, -0.25) is 9.89 Å². The van der Waals surface area contributed by atoms with E-state index in [1.807, 2.05) is 36.5 Å². The minimum absolute atomic E-state index is 0.0659. The molecule has 0 saturated carbocycles. The molecule has 1 aliphatic rings. The van der Waals surface area contributed by atoms with Crippen molar-refractivity contribution in [2.45, 2.75) is 18.8 Å². The number of rotatable bonds is 5. The van der Waals surface area contributed by atoms with Crippen molar-refractivity contribution in [3.05, 3.63) is 66.1 Å². The van der Waals surface area contributed by atoms with Crippen molar-refractivity contribution in [2.24, 2.45) is 0 Å². The number of anilines is 1. The maximum atomic E-state index is 13.1. The van der Waals surface area contributed by atoms with Gasteiger partial charge in [0.1, 0.15) is 5.82 Å². The third-order valence-corrected chi connectivity index (χ3v) is 5.86. The Bertz CT molecular complexity index is 1270. The number of benzene rings is 2. The molecule has 2 heterocycles. The van der Waals surface area contributed by atoms with Crippen LogP contribution < -0.4 is 14.8 Å². The average molecular weight is 414 g/mol. The minimum Gasteiger partial charge on any atom is -0.493 e. The second kappa shape index (κ2) is 7.75. The van der Waals surface area contributed by atoms with Gasteiger partial charge in [-0.05, 0) is 47.6 Å². The zero-order chi connectivity index (χ0) is 21.4. The van der Waals surface area contributed by atoms with E-state index in [0.717, 1.165) is 45.9 Å². The van der Waals surface area contributed by atoms with E-state index in [0.29, 0.717) is 17.3 Å². The summed E-state index contributed by atoms with van der Waals surface area (Å²) in [5, 5.41) is 11.8. The first-order valence-corrected chi connectivity index (χ1v) is 10.1. The molecule has 7 nitrogen and oxygen atoms in total. The Kier molecular flexibility index (Phi) is 4.78. The van der Waals surface area contributed by atoms with Gasteiger partial charge in [0.15, 0.2) is 11.5 Å². The summed E-state index contributed by atoms with van der Waals surface area (Å²) < 4.78 is 10.9. The Hall–Kier alpha value is -3.87. The number of carbonyl (C=O) groups is 1. The number of nitrogens with zero attached hydrogens (tertiary/aromatic N) is 2. The number of hydrogen-bond acceptors (Lipinski definition) is 5. The van der Waals surface area contributed by atoms with Crippen LogP contribution in [0, 0.1) is 0 Å². The van der Waals surface area contributed by atoms with Crippen LogP contribution in [0.2, 0.25) is 0 Å². The molecule has 2 N–H and O–H groups in total. The van der Waals surface area contributed by atoms with Crippen molar-refractivity contribution in [2.75, 3.05) is 19.5 Å². The second-order valence-electron chi connectivity index (χ2n) is 7.57. The first-order valence-electron chi connectivity index (χ1n) is 10.1. The number of amides is 1. The van der Waals surface area contributed by atoms with Gasteiger partial charge in [-0.2, -0.15) is 5.10 Å². The summed E-state index contributed by atoms with van der Waals surface area (Å²) in [5.74, 6) is 1.63. The van der Waals surface area contributed by atoms with Crippen molar-refractivity contribution in [3.63, 3.8) is 0 Å². The molecule has 1 amide bonds. The Morgan fingerprint density at radius 1 is 1.06 bits per heavy atom. The maximum Gasteiger partial charge on any atom is 0.233 e. The predicted octanol–water partition coefficient (Wildman–Crippen LogP) is 4.31. The van der Waals surface area contributed by atoms with E-state index in [1.54, 1.807) is 26.6 Å². The largest absolute Gasteiger partial charge is 0.493 e. The standard InChI is InChI=1S/C24H22N4O3/c1-30-21-8-7-18-19(23(21)31-2)5-6-20(18)24(29)28-22-10-16-9-14(17-12-26-27-13-17)3-4-15(16)11-25-22/h3-4,7-13,20H,5-6H2,1-2H3,(H,26,27)(H,25,28,29)/t20-/m1/s1. The van der Waals surface area contributed by atoms with Gasteiger partial charge >= 0.3 is 0 Å². The van der Waals surface area contributed by atoms with E-state index in [2.05, 4.69) is 26.6 Å². The molecule has 2 aromatic carbocycles. The lowest BCUT2D eigenvalue weighted by Crippen LogP contribution is -2.20. The van der Waals surface area contributed by atoms with Crippen molar-refractivity contribution in [3.8, 4) is 22.6 Å². The summed E-state index contributed by atoms with van der Waals surface area (Å²) in [6.45, 7) is 0. The van der Waals surface area contributed by atoms with Crippen LogP contribution in [0.1, 0.15) is 23.5 Å². The third kappa shape index (κ3) is 3.38. The number of aromatic nitrogens is 3. The molecule has 2 aromatic heterocycles. The number of methoxy groups -OCH3 is 2. The van der Waals surface area contributed by atoms with E-state index in [-0.39, 0.29) is 11.8 Å². The molecule has 31 heavy (non-hydrogen) atoms. The molecule has 0 radical (unpaired) electrons. The number of pyridine rings is 1. The first-order chi connectivity index (χ1) is 15.2. The minimum atomic E-state index is -0.246. The van der Waals surface area contributed by atoms with Crippen molar-refractivity contribution >= 4 is 22.5 Å². The molecular formula is C24H22N4O3. The molecule has 0 aliphatic heterocycles. The van der Waals surface area contributed by atoms with Crippen LogP contribution >= 0.6 is 0 Å². The zero-order valence-corrected chi connectivity index (χ0v) is 17.3. The van der Waals surface area contributed by atoms with E-state index in [4.69, 9.17) is 9.47 Å². The summed E-state index contributed by atoms with van der Waals surface area (Å²) in [6, 6.07) is 11.8. The normalized spacial score (nSPS) is 15.0. The quantitative estimate of drug-likeness (QED) is 0.508. The lowest BCUT2D eigenvalue weighted by atomic mass is 9.99. The highest BCUT2D eigenvalue weighted by Gasteiger charge is 2.32. The summed E-state index contributed by atoms with van der Waals surface area (Å²) in [5.41, 5.74) is 4.09. The highest BCUT2D eigenvalue weighted by molar-refractivity contribution is 5.98. The van der Waals surface area contributed by atoms with Gasteiger partial charge in [0.05, 0.1) is 26.3 Å². The summed E-state index contributed by atoms with van der Waals surface area (Å²) in [4.78, 5) is 17.5. The number of hydrogen-bond donors (Lipinski definition) is 2. The van der Waals surface area contributed by atoms with Gasteiger partial charge in [0.25, 0.3) is 0 Å². The number of carbonyl (C=O) groups excluding carboxylic acids is 1. The SMILES string of the molecule is COc1ccc2c(c1OC)CC[C@H]2C(=O)Nc1cc2cc(-c3cn[nH]c3)ccc2cn1. The fourth-order valence-electron chi connectivity index (χ4n) is 4.32. The van der Waals surface area contributed by atoms with Crippen LogP contribution in [0.25, 0.3) is 21.9 Å². The molecule has 0 spiro atoms. The lowest BCUT2D eigenvalue weighted by molar-refractivity contribution is -0.117. The number of fused-ring (bicyclic) bond motifs is 2. The summed E-state index contributed by atoms with van der Waals surface area (Å²) >= 11 is 0. The number of H-pyrrole nitrogens is 1. The van der Waals surface area contributed by atoms with Crippen LogP contribution in [-0.2, 0) is 11.2 Å². The number of aromatic amines is 1. The molecule has 7 heteroatoms. The van der Waals surface area contributed by atoms with Gasteiger partial charge in [-0.1, -0.05) is 18.2 Å². The second-order valence-corrected chi connectivity index (χ2v) is 7.57. The summed E-state index contributed by atoms with van der Waals surface area (Å²) in [6.07, 6.45) is 6.91. The van der Waals surface area contributed by atoms with Gasteiger partial charge < -0.3 is 14.8 Å². The Morgan fingerprint density at radius 2 is 1.97 bits per heavy atom. The molecular weight excluding hydrogens is 392 g/mol. The van der Waals surface area contributed by atoms with Gasteiger partial charge in [-0.15, -0.1) is 0 Å². The van der Waals surface area contributed by atoms with Crippen molar-refractivity contribution in [1.29, 1.82) is 0 Å². The molecule has 0 unspecified atom stereocenters. The Labute approximate surface area is 179 Å². The number of ether oxygens (including phenoxy) is 2. The molecule has 0 bridgehead atoms. The molecule has 156 valence electrons. The molecule has 1 aliphatic carbocycles. The van der Waals surface area contributed by atoms with E-state index >= 15 is 0 Å². The highest BCUT2D eigenvalue weighted by Crippen LogP contribution is 2.43. The predicted molar refractivity (Wildman–Crippen MR) is 119 cm³/mol. The number of nitrogens with one attached hydrogen (secondary N) is 2. The average Bonchev–Trinajstić information content (AvgIpc) is 3.48. The first kappa shape index (κ1) is 19.1. The van der Waals surface area contributed by atoms with Gasteiger partial charge in [0.2, 0.25) is 5.91 Å². The molecule has 0 fully saturated rings. The van der Waals surface area contributed by atoms with Crippen LogP contribution in [-0.4, -0.2) is 35.3 Å². The van der Waals surface area contributed by atoms with Gasteiger partial charge in [-0.25, -0.2) is 4.98 Å². The topological polar surface area (TPSA) is 89.1 Å². The fourth-order valence-corrected chi connectivity index (χ4v) is 4.32. The summed E-state index contributed by atoms with van der Waals surface area (Å²) in [7, 11) is 3.25. The third-order valence-electron chi connectivity index (χ3n) is 5.86. The van der Waals surface area contributed by atoms with Crippen molar-refractivity contribution < 1.29 is 14.3 Å². The zero-order valence-electron chi connectivity index (χ0n) is 17.3. The maximum absolute atomic E-state index is 13.1. The Balaban J connectivity index is 1.41. The van der Waals surface area contributed by atoms with E-state index in [9.17, 15) is 4.79 Å². The highest BCUT2D eigenvalue weighted by atomic mass is 16.5. The van der Waals surface area contributed by atoms with Crippen molar-refractivity contribution in [1.82, 2.24) is 15.2 Å². The molecule has 5 rings (SSSR count). The monoisotopic (exact) mass is 414 g/mol. The smallest absolute Gasteiger partial charge is 0.233 e. The van der Waals surface area contributed by atoms with Crippen LogP contribution in [0.3, 0.4) is 0 Å². The molecule has 0 saturated heterocycles. The van der Waals surface area contributed by atoms with E-state index in [1.165, 1.54) is 0 Å². The van der Waals surface area contributed by atoms with Crippen LogP contribution in [0.15, 0.2) is 55.0 Å². The van der Waals surface area contributed by atoms with Gasteiger partial charge in [0, 0.05) is 28.9 Å². The lowest BCUT2D eigenvalue weighted by Gasteiger charge is -2.15. The molecule has 4 aromatic rings. The van der Waals surface area contributed by atoms with Crippen LogP contribution in [0.5, 0.6) is 11.5 Å². The Morgan fingerprint density at radius 3 is 2.74 bits per heavy atom. The van der Waals surface area contributed by atoms with E-state index < -0.39 is 0 Å².